The van der Waals surface area contributed by atoms with E-state index in [0.29, 0.717) is 17.8 Å². The second-order valence-electron chi connectivity index (χ2n) is 5.52. The Bertz CT molecular complexity index is 865. The predicted octanol–water partition coefficient (Wildman–Crippen LogP) is 4.06. The first kappa shape index (κ1) is 16.9. The molecule has 0 aliphatic rings. The van der Waals surface area contributed by atoms with E-state index >= 15 is 0 Å². The van der Waals surface area contributed by atoms with E-state index in [2.05, 4.69) is 5.32 Å². The summed E-state index contributed by atoms with van der Waals surface area (Å²) in [6, 6.07) is 21.9. The lowest BCUT2D eigenvalue weighted by molar-refractivity contribution is 0.0951. The summed E-state index contributed by atoms with van der Waals surface area (Å²) in [4.78, 5) is 14.1. The van der Waals surface area contributed by atoms with Crippen LogP contribution in [0, 0.1) is 0 Å². The number of benzene rings is 3. The molecule has 0 bridgehead atoms. The van der Waals surface area contributed by atoms with Gasteiger partial charge in [-0.2, -0.15) is 0 Å². The highest BCUT2D eigenvalue weighted by Gasteiger charge is 2.09. The summed E-state index contributed by atoms with van der Waals surface area (Å²) < 4.78 is 0. The number of nitrogen functional groups attached to an aromatic ring is 1. The minimum Gasteiger partial charge on any atom is -0.508 e. The third-order valence-corrected chi connectivity index (χ3v) is 4.73. The van der Waals surface area contributed by atoms with Gasteiger partial charge in [-0.3, -0.25) is 4.79 Å². The molecule has 3 rings (SSSR count). The Labute approximate surface area is 150 Å². The largest absolute Gasteiger partial charge is 0.508 e. The van der Waals surface area contributed by atoms with Crippen LogP contribution in [0.25, 0.3) is 0 Å². The van der Waals surface area contributed by atoms with Crippen LogP contribution in [-0.4, -0.2) is 11.0 Å². The fourth-order valence-electron chi connectivity index (χ4n) is 2.30. The lowest BCUT2D eigenvalue weighted by Gasteiger charge is -2.09. The molecule has 1 amide bonds. The molecule has 0 spiro atoms. The van der Waals surface area contributed by atoms with Gasteiger partial charge in [-0.1, -0.05) is 42.1 Å². The van der Waals surface area contributed by atoms with Crippen molar-refractivity contribution in [2.24, 2.45) is 0 Å². The summed E-state index contributed by atoms with van der Waals surface area (Å²) in [7, 11) is 0. The van der Waals surface area contributed by atoms with E-state index < -0.39 is 0 Å². The number of phenols is 1. The zero-order chi connectivity index (χ0) is 17.6. The maximum Gasteiger partial charge on any atom is 0.251 e. The van der Waals surface area contributed by atoms with Gasteiger partial charge in [0.15, 0.2) is 0 Å². The number of hydrogen-bond acceptors (Lipinski definition) is 4. The third-order valence-electron chi connectivity index (χ3n) is 3.63. The summed E-state index contributed by atoms with van der Waals surface area (Å²) in [5.41, 5.74) is 8.22. The topological polar surface area (TPSA) is 75.4 Å². The highest BCUT2D eigenvalue weighted by molar-refractivity contribution is 7.99. The lowest BCUT2D eigenvalue weighted by Crippen LogP contribution is -2.22. The zero-order valence-electron chi connectivity index (χ0n) is 13.5. The SMILES string of the molecule is Nc1cc(C(=O)NCc2ccccc2)ccc1Sc1ccc(O)cc1. The van der Waals surface area contributed by atoms with E-state index in [0.717, 1.165) is 15.4 Å². The number of rotatable bonds is 5. The molecule has 126 valence electrons. The molecular formula is C20H18N2O2S. The van der Waals surface area contributed by atoms with Crippen molar-refractivity contribution in [1.29, 1.82) is 0 Å². The third kappa shape index (κ3) is 4.55. The molecule has 0 atom stereocenters. The minimum absolute atomic E-state index is 0.156. The van der Waals surface area contributed by atoms with Crippen molar-refractivity contribution in [3.8, 4) is 5.75 Å². The van der Waals surface area contributed by atoms with Gasteiger partial charge in [-0.25, -0.2) is 0 Å². The number of anilines is 1. The van der Waals surface area contributed by atoms with Crippen LogP contribution in [0.5, 0.6) is 5.75 Å². The molecule has 5 heteroatoms. The first-order chi connectivity index (χ1) is 12.1. The van der Waals surface area contributed by atoms with Crippen molar-refractivity contribution in [3.05, 3.63) is 83.9 Å². The summed E-state index contributed by atoms with van der Waals surface area (Å²) in [5, 5.41) is 12.2. The first-order valence-electron chi connectivity index (χ1n) is 7.80. The second kappa shape index (κ2) is 7.77. The number of phenolic OH excluding ortho intramolecular Hbond substituents is 1. The summed E-state index contributed by atoms with van der Waals surface area (Å²) in [6.07, 6.45) is 0. The zero-order valence-corrected chi connectivity index (χ0v) is 14.3. The van der Waals surface area contributed by atoms with Crippen molar-refractivity contribution in [2.75, 3.05) is 5.73 Å². The van der Waals surface area contributed by atoms with Crippen molar-refractivity contribution in [1.82, 2.24) is 5.32 Å². The highest BCUT2D eigenvalue weighted by Crippen LogP contribution is 2.33. The van der Waals surface area contributed by atoms with Crippen LogP contribution in [-0.2, 0) is 6.54 Å². The average Bonchev–Trinajstić information content (AvgIpc) is 2.64. The van der Waals surface area contributed by atoms with Crippen LogP contribution in [0.1, 0.15) is 15.9 Å². The lowest BCUT2D eigenvalue weighted by atomic mass is 10.1. The molecule has 0 aromatic heterocycles. The van der Waals surface area contributed by atoms with E-state index in [9.17, 15) is 9.90 Å². The first-order valence-corrected chi connectivity index (χ1v) is 8.62. The fourth-order valence-corrected chi connectivity index (χ4v) is 3.14. The van der Waals surface area contributed by atoms with E-state index in [4.69, 9.17) is 5.73 Å². The quantitative estimate of drug-likeness (QED) is 0.607. The van der Waals surface area contributed by atoms with Gasteiger partial charge in [-0.05, 0) is 48.0 Å². The van der Waals surface area contributed by atoms with Crippen molar-refractivity contribution in [2.45, 2.75) is 16.3 Å². The van der Waals surface area contributed by atoms with Crippen molar-refractivity contribution in [3.63, 3.8) is 0 Å². The second-order valence-corrected chi connectivity index (χ2v) is 6.63. The van der Waals surface area contributed by atoms with Crippen LogP contribution in [0.3, 0.4) is 0 Å². The molecular weight excluding hydrogens is 332 g/mol. The van der Waals surface area contributed by atoms with Crippen molar-refractivity contribution >= 4 is 23.4 Å². The van der Waals surface area contributed by atoms with E-state index in [1.165, 1.54) is 11.8 Å². The highest BCUT2D eigenvalue weighted by atomic mass is 32.2. The van der Waals surface area contributed by atoms with Crippen LogP contribution in [0.15, 0.2) is 82.6 Å². The molecule has 0 radical (unpaired) electrons. The van der Waals surface area contributed by atoms with E-state index in [1.54, 1.807) is 24.3 Å². The molecule has 3 aromatic rings. The normalized spacial score (nSPS) is 10.4. The molecule has 0 fully saturated rings. The van der Waals surface area contributed by atoms with Gasteiger partial charge in [0.2, 0.25) is 0 Å². The molecule has 0 saturated heterocycles. The number of nitrogens with one attached hydrogen (secondary N) is 1. The van der Waals surface area contributed by atoms with E-state index in [1.807, 2.05) is 48.5 Å². The number of amides is 1. The molecule has 3 aromatic carbocycles. The van der Waals surface area contributed by atoms with Crippen LogP contribution >= 0.6 is 11.8 Å². The maximum absolute atomic E-state index is 12.3. The average molecular weight is 350 g/mol. The van der Waals surface area contributed by atoms with Crippen LogP contribution in [0.4, 0.5) is 5.69 Å². The Balaban J connectivity index is 1.66. The number of carbonyl (C=O) groups is 1. The Morgan fingerprint density at radius 2 is 1.72 bits per heavy atom. The van der Waals surface area contributed by atoms with Gasteiger partial charge in [0.25, 0.3) is 5.91 Å². The van der Waals surface area contributed by atoms with Gasteiger partial charge >= 0.3 is 0 Å². The van der Waals surface area contributed by atoms with Gasteiger partial charge in [0, 0.05) is 27.6 Å². The van der Waals surface area contributed by atoms with Gasteiger partial charge in [-0.15, -0.1) is 0 Å². The molecule has 4 N–H and O–H groups in total. The molecule has 4 nitrogen and oxygen atoms in total. The standard InChI is InChI=1S/C20H18N2O2S/c21-18-12-15(20(24)22-13-14-4-2-1-3-5-14)6-11-19(18)25-17-9-7-16(23)8-10-17/h1-12,23H,13,21H2,(H,22,24). The molecule has 0 unspecified atom stereocenters. The maximum atomic E-state index is 12.3. The smallest absolute Gasteiger partial charge is 0.251 e. The predicted molar refractivity (Wildman–Crippen MR) is 101 cm³/mol. The van der Waals surface area contributed by atoms with Gasteiger partial charge in [0.05, 0.1) is 0 Å². The molecule has 0 aliphatic carbocycles. The number of carbonyl (C=O) groups excluding carboxylic acids is 1. The summed E-state index contributed by atoms with van der Waals surface area (Å²) >= 11 is 1.49. The Kier molecular flexibility index (Phi) is 5.26. The summed E-state index contributed by atoms with van der Waals surface area (Å²) in [5.74, 6) is 0.0690. The number of aromatic hydroxyl groups is 1. The molecule has 0 heterocycles. The van der Waals surface area contributed by atoms with Gasteiger partial charge < -0.3 is 16.2 Å². The Morgan fingerprint density at radius 3 is 2.40 bits per heavy atom. The minimum atomic E-state index is -0.156. The van der Waals surface area contributed by atoms with Gasteiger partial charge in [0.1, 0.15) is 5.75 Å². The van der Waals surface area contributed by atoms with Crippen molar-refractivity contribution < 1.29 is 9.90 Å². The monoisotopic (exact) mass is 350 g/mol. The fraction of sp³-hybridized carbons (Fsp3) is 0.0500. The van der Waals surface area contributed by atoms with Crippen LogP contribution < -0.4 is 11.1 Å². The Hall–Kier alpha value is -2.92. The molecule has 0 saturated carbocycles. The Morgan fingerprint density at radius 1 is 1.00 bits per heavy atom. The van der Waals surface area contributed by atoms with Crippen LogP contribution in [0.2, 0.25) is 0 Å². The molecule has 25 heavy (non-hydrogen) atoms. The number of hydrogen-bond donors (Lipinski definition) is 3. The number of nitrogens with two attached hydrogens (primary N) is 1. The molecule has 0 aliphatic heterocycles. The van der Waals surface area contributed by atoms with E-state index in [-0.39, 0.29) is 11.7 Å². The summed E-state index contributed by atoms with van der Waals surface area (Å²) in [6.45, 7) is 0.476.